The number of aromatic nitrogens is 2. The molecule has 102 valence electrons. The molecule has 0 saturated carbocycles. The molecule has 0 bridgehead atoms. The first kappa shape index (κ1) is 13.5. The number of alkyl halides is 3. The molecule has 0 spiro atoms. The maximum atomic E-state index is 13.2. The quantitative estimate of drug-likeness (QED) is 0.857. The van der Waals surface area contributed by atoms with E-state index in [1.165, 1.54) is 6.92 Å². The number of aliphatic hydroxyl groups excluding tert-OH is 1. The average Bonchev–Trinajstić information content (AvgIpc) is 2.76. The summed E-state index contributed by atoms with van der Waals surface area (Å²) < 4.78 is 55.4. The maximum absolute atomic E-state index is 13.2. The van der Waals surface area contributed by atoms with Crippen molar-refractivity contribution in [2.45, 2.75) is 19.2 Å². The van der Waals surface area contributed by atoms with Gasteiger partial charge in [0.25, 0.3) is 5.89 Å². The molecule has 1 atom stereocenters. The Balaban J connectivity index is 2.47. The molecule has 2 aromatic rings. The van der Waals surface area contributed by atoms with Crippen LogP contribution in [0.15, 0.2) is 22.7 Å². The molecule has 0 amide bonds. The fraction of sp³-hybridized carbons (Fsp3) is 0.273. The number of nitrogens with zero attached hydrogens (tertiary/aromatic N) is 2. The predicted molar refractivity (Wildman–Crippen MR) is 55.3 cm³/mol. The van der Waals surface area contributed by atoms with Gasteiger partial charge in [-0.25, -0.2) is 4.39 Å². The van der Waals surface area contributed by atoms with Gasteiger partial charge in [0.05, 0.1) is 5.56 Å². The Morgan fingerprint density at radius 2 is 1.95 bits per heavy atom. The van der Waals surface area contributed by atoms with Crippen molar-refractivity contribution in [3.63, 3.8) is 0 Å². The summed E-state index contributed by atoms with van der Waals surface area (Å²) in [6, 6.07) is 1.94. The second-order valence-corrected chi connectivity index (χ2v) is 3.86. The van der Waals surface area contributed by atoms with Gasteiger partial charge in [-0.2, -0.15) is 18.2 Å². The van der Waals surface area contributed by atoms with E-state index in [-0.39, 0.29) is 17.3 Å². The lowest BCUT2D eigenvalue weighted by Crippen LogP contribution is -2.05. The third-order valence-electron chi connectivity index (χ3n) is 2.28. The minimum atomic E-state index is -4.67. The van der Waals surface area contributed by atoms with Crippen molar-refractivity contribution in [2.24, 2.45) is 0 Å². The van der Waals surface area contributed by atoms with E-state index in [2.05, 4.69) is 14.7 Å². The zero-order chi connectivity index (χ0) is 14.2. The van der Waals surface area contributed by atoms with Crippen molar-refractivity contribution >= 4 is 0 Å². The van der Waals surface area contributed by atoms with Crippen LogP contribution in [0.1, 0.15) is 24.5 Å². The molecule has 1 aromatic carbocycles. The van der Waals surface area contributed by atoms with Gasteiger partial charge in [0.2, 0.25) is 5.82 Å². The highest BCUT2D eigenvalue weighted by molar-refractivity contribution is 5.56. The predicted octanol–water partition coefficient (Wildman–Crippen LogP) is 2.95. The number of hydrogen-bond acceptors (Lipinski definition) is 4. The molecular formula is C11H8F4N2O2. The molecule has 19 heavy (non-hydrogen) atoms. The van der Waals surface area contributed by atoms with E-state index in [9.17, 15) is 22.7 Å². The molecule has 8 heteroatoms. The van der Waals surface area contributed by atoms with Gasteiger partial charge >= 0.3 is 6.18 Å². The lowest BCUT2D eigenvalue weighted by Gasteiger charge is -2.07. The highest BCUT2D eigenvalue weighted by Crippen LogP contribution is 2.32. The Morgan fingerprint density at radius 3 is 2.47 bits per heavy atom. The Hall–Kier alpha value is -1.96. The van der Waals surface area contributed by atoms with Gasteiger partial charge < -0.3 is 9.63 Å². The number of aliphatic hydroxyl groups is 1. The molecule has 1 N–H and O–H groups in total. The zero-order valence-corrected chi connectivity index (χ0v) is 9.57. The Morgan fingerprint density at radius 1 is 1.26 bits per heavy atom. The molecule has 1 aromatic heterocycles. The first-order valence-corrected chi connectivity index (χ1v) is 5.17. The van der Waals surface area contributed by atoms with E-state index in [0.29, 0.717) is 12.1 Å². The normalized spacial score (nSPS) is 13.6. The Bertz CT molecular complexity index is 593. The second-order valence-electron chi connectivity index (χ2n) is 3.86. The van der Waals surface area contributed by atoms with Crippen molar-refractivity contribution < 1.29 is 27.2 Å². The van der Waals surface area contributed by atoms with Crippen LogP contribution >= 0.6 is 0 Å². The first-order valence-electron chi connectivity index (χ1n) is 5.17. The number of halogens is 4. The molecule has 0 fully saturated rings. The minimum Gasteiger partial charge on any atom is -0.384 e. The topological polar surface area (TPSA) is 59.2 Å². The lowest BCUT2D eigenvalue weighted by molar-refractivity contribution is -0.137. The van der Waals surface area contributed by atoms with Gasteiger partial charge in [-0.05, 0) is 25.1 Å². The van der Waals surface area contributed by atoms with Gasteiger partial charge in [0, 0.05) is 5.56 Å². The van der Waals surface area contributed by atoms with Crippen molar-refractivity contribution in [1.29, 1.82) is 0 Å². The molecular weight excluding hydrogens is 268 g/mol. The van der Waals surface area contributed by atoms with Gasteiger partial charge in [-0.1, -0.05) is 5.16 Å². The molecule has 0 saturated heterocycles. The maximum Gasteiger partial charge on any atom is 0.416 e. The molecule has 0 radical (unpaired) electrons. The molecule has 2 rings (SSSR count). The van der Waals surface area contributed by atoms with E-state index in [1.54, 1.807) is 0 Å². The van der Waals surface area contributed by atoms with Crippen molar-refractivity contribution in [1.82, 2.24) is 10.1 Å². The summed E-state index contributed by atoms with van der Waals surface area (Å²) in [5.74, 6) is -1.44. The Labute approximate surface area is 104 Å². The molecule has 0 aliphatic rings. The highest BCUT2D eigenvalue weighted by Gasteiger charge is 2.32. The first-order chi connectivity index (χ1) is 8.77. The van der Waals surface area contributed by atoms with Crippen LogP contribution in [0.3, 0.4) is 0 Å². The molecule has 1 heterocycles. The standard InChI is InChI=1S/C11H8F4N2O2/c1-5(18)10-16-9(17-19-10)6-2-7(11(13,14)15)4-8(12)3-6/h2-5,18H,1H3/t5-/m0/s1. The molecule has 0 aliphatic heterocycles. The van der Waals surface area contributed by atoms with E-state index in [4.69, 9.17) is 0 Å². The van der Waals surface area contributed by atoms with E-state index < -0.39 is 23.7 Å². The summed E-state index contributed by atoms with van der Waals surface area (Å²) in [5.41, 5.74) is -1.33. The molecule has 4 nitrogen and oxygen atoms in total. The summed E-state index contributed by atoms with van der Waals surface area (Å²) in [6.45, 7) is 1.35. The van der Waals surface area contributed by atoms with Crippen LogP contribution in [0.4, 0.5) is 17.6 Å². The summed E-state index contributed by atoms with van der Waals surface area (Å²) in [5, 5.41) is 12.6. The molecule has 0 unspecified atom stereocenters. The summed E-state index contributed by atoms with van der Waals surface area (Å²) >= 11 is 0. The van der Waals surface area contributed by atoms with Crippen LogP contribution in [-0.4, -0.2) is 15.2 Å². The van der Waals surface area contributed by atoms with Crippen molar-refractivity contribution in [3.05, 3.63) is 35.5 Å². The third kappa shape index (κ3) is 2.90. The van der Waals surface area contributed by atoms with Gasteiger partial charge in [0.15, 0.2) is 0 Å². The van der Waals surface area contributed by atoms with Crippen molar-refractivity contribution in [2.75, 3.05) is 0 Å². The zero-order valence-electron chi connectivity index (χ0n) is 9.57. The third-order valence-corrected chi connectivity index (χ3v) is 2.28. The largest absolute Gasteiger partial charge is 0.416 e. The Kier molecular flexibility index (Phi) is 3.27. The second kappa shape index (κ2) is 4.61. The monoisotopic (exact) mass is 276 g/mol. The fourth-order valence-corrected chi connectivity index (χ4v) is 1.40. The lowest BCUT2D eigenvalue weighted by atomic mass is 10.1. The van der Waals surface area contributed by atoms with E-state index >= 15 is 0 Å². The number of rotatable bonds is 2. The minimum absolute atomic E-state index is 0.159. The smallest absolute Gasteiger partial charge is 0.384 e. The number of hydrogen-bond donors (Lipinski definition) is 1. The van der Waals surface area contributed by atoms with Crippen LogP contribution in [-0.2, 0) is 6.18 Å². The van der Waals surface area contributed by atoms with Crippen LogP contribution in [0, 0.1) is 5.82 Å². The van der Waals surface area contributed by atoms with Gasteiger partial charge in [-0.3, -0.25) is 0 Å². The van der Waals surface area contributed by atoms with Crippen molar-refractivity contribution in [3.8, 4) is 11.4 Å². The van der Waals surface area contributed by atoms with Gasteiger partial charge in [-0.15, -0.1) is 0 Å². The van der Waals surface area contributed by atoms with Crippen LogP contribution in [0.2, 0.25) is 0 Å². The van der Waals surface area contributed by atoms with E-state index in [0.717, 1.165) is 6.07 Å². The number of benzene rings is 1. The van der Waals surface area contributed by atoms with Crippen LogP contribution in [0.25, 0.3) is 11.4 Å². The summed E-state index contributed by atoms with van der Waals surface area (Å²) in [4.78, 5) is 3.68. The summed E-state index contributed by atoms with van der Waals surface area (Å²) in [6.07, 6.45) is -5.73. The van der Waals surface area contributed by atoms with Crippen LogP contribution < -0.4 is 0 Å². The molecule has 0 aliphatic carbocycles. The van der Waals surface area contributed by atoms with E-state index in [1.807, 2.05) is 0 Å². The highest BCUT2D eigenvalue weighted by atomic mass is 19.4. The summed E-state index contributed by atoms with van der Waals surface area (Å²) in [7, 11) is 0. The van der Waals surface area contributed by atoms with Crippen LogP contribution in [0.5, 0.6) is 0 Å². The van der Waals surface area contributed by atoms with Gasteiger partial charge in [0.1, 0.15) is 11.9 Å². The average molecular weight is 276 g/mol. The fourth-order valence-electron chi connectivity index (χ4n) is 1.40. The SMILES string of the molecule is C[C@H](O)c1nc(-c2cc(F)cc(C(F)(F)F)c2)no1.